The van der Waals surface area contributed by atoms with Crippen molar-refractivity contribution in [3.05, 3.63) is 45.1 Å². The molecule has 0 fully saturated rings. The second-order valence-electron chi connectivity index (χ2n) is 5.27. The second kappa shape index (κ2) is 6.63. The summed E-state index contributed by atoms with van der Waals surface area (Å²) in [6.45, 7) is 3.99. The predicted molar refractivity (Wildman–Crippen MR) is 91.9 cm³/mol. The molecule has 0 aliphatic heterocycles. The maximum absolute atomic E-state index is 12.4. The van der Waals surface area contributed by atoms with Gasteiger partial charge in [0, 0.05) is 19.8 Å². The van der Waals surface area contributed by atoms with E-state index in [0.717, 1.165) is 23.2 Å². The molecule has 1 N–H and O–H groups in total. The summed E-state index contributed by atoms with van der Waals surface area (Å²) < 4.78 is 0. The topological polar surface area (TPSA) is 56.1 Å². The maximum atomic E-state index is 12.4. The van der Waals surface area contributed by atoms with Crippen LogP contribution in [-0.2, 0) is 6.42 Å². The van der Waals surface area contributed by atoms with Crippen molar-refractivity contribution in [2.24, 2.45) is 0 Å². The summed E-state index contributed by atoms with van der Waals surface area (Å²) in [5.41, 5.74) is 4.05. The van der Waals surface area contributed by atoms with Crippen LogP contribution in [0.3, 0.4) is 0 Å². The third-order valence-electron chi connectivity index (χ3n) is 3.52. The second-order valence-corrected chi connectivity index (χ2v) is 6.19. The van der Waals surface area contributed by atoms with E-state index in [1.165, 1.54) is 11.3 Å². The molecule has 1 aromatic heterocycles. The third-order valence-corrected chi connectivity index (χ3v) is 4.48. The summed E-state index contributed by atoms with van der Waals surface area (Å²) in [4.78, 5) is 15.1. The zero-order chi connectivity index (χ0) is 16.3. The molecule has 5 heteroatoms. The summed E-state index contributed by atoms with van der Waals surface area (Å²) in [6, 6.07) is 7.78. The molecule has 0 aliphatic rings. The van der Waals surface area contributed by atoms with Crippen LogP contribution in [0.1, 0.15) is 33.3 Å². The SMILES string of the molecule is CCc1ccsc1C(=O)Nc1cc(C)c(N(C)C)cc1C#N. The fourth-order valence-corrected chi connectivity index (χ4v) is 3.26. The van der Waals surface area contributed by atoms with Crippen LogP contribution in [0.15, 0.2) is 23.6 Å². The monoisotopic (exact) mass is 313 g/mol. The van der Waals surface area contributed by atoms with Crippen LogP contribution in [0, 0.1) is 18.3 Å². The van der Waals surface area contributed by atoms with Gasteiger partial charge >= 0.3 is 0 Å². The van der Waals surface area contributed by atoms with Gasteiger partial charge in [0.15, 0.2) is 0 Å². The molecular formula is C17H19N3OS. The highest BCUT2D eigenvalue weighted by Crippen LogP contribution is 2.27. The van der Waals surface area contributed by atoms with Crippen LogP contribution in [0.4, 0.5) is 11.4 Å². The molecule has 0 bridgehead atoms. The molecule has 1 aromatic carbocycles. The van der Waals surface area contributed by atoms with Crippen LogP contribution in [-0.4, -0.2) is 20.0 Å². The molecule has 0 saturated heterocycles. The molecule has 1 heterocycles. The van der Waals surface area contributed by atoms with Crippen molar-refractivity contribution in [2.45, 2.75) is 20.3 Å². The third kappa shape index (κ3) is 3.12. The molecule has 0 unspecified atom stereocenters. The van der Waals surface area contributed by atoms with Crippen molar-refractivity contribution >= 4 is 28.6 Å². The van der Waals surface area contributed by atoms with Gasteiger partial charge in [0.2, 0.25) is 0 Å². The quantitative estimate of drug-likeness (QED) is 0.934. The molecule has 2 aromatic rings. The van der Waals surface area contributed by atoms with E-state index >= 15 is 0 Å². The summed E-state index contributed by atoms with van der Waals surface area (Å²) in [6.07, 6.45) is 0.815. The van der Waals surface area contributed by atoms with Crippen molar-refractivity contribution < 1.29 is 4.79 Å². The number of rotatable bonds is 4. The van der Waals surface area contributed by atoms with E-state index in [0.29, 0.717) is 16.1 Å². The Hall–Kier alpha value is -2.32. The summed E-state index contributed by atoms with van der Waals surface area (Å²) >= 11 is 1.42. The first-order chi connectivity index (χ1) is 10.5. The average Bonchev–Trinajstić information content (AvgIpc) is 2.95. The first-order valence-electron chi connectivity index (χ1n) is 7.07. The number of benzene rings is 1. The lowest BCUT2D eigenvalue weighted by atomic mass is 10.1. The van der Waals surface area contributed by atoms with E-state index < -0.39 is 0 Å². The van der Waals surface area contributed by atoms with E-state index in [4.69, 9.17) is 0 Å². The van der Waals surface area contributed by atoms with E-state index in [2.05, 4.69) is 11.4 Å². The molecule has 22 heavy (non-hydrogen) atoms. The average molecular weight is 313 g/mol. The number of anilines is 2. The summed E-state index contributed by atoms with van der Waals surface area (Å²) in [5.74, 6) is -0.152. The Morgan fingerprint density at radius 2 is 2.14 bits per heavy atom. The molecule has 0 atom stereocenters. The number of carbonyl (C=O) groups excluding carboxylic acids is 1. The number of nitrogens with one attached hydrogen (secondary N) is 1. The van der Waals surface area contributed by atoms with Crippen LogP contribution >= 0.6 is 11.3 Å². The Morgan fingerprint density at radius 1 is 1.41 bits per heavy atom. The fourth-order valence-electron chi connectivity index (χ4n) is 2.37. The van der Waals surface area contributed by atoms with E-state index in [-0.39, 0.29) is 5.91 Å². The number of hydrogen-bond acceptors (Lipinski definition) is 4. The van der Waals surface area contributed by atoms with Crippen molar-refractivity contribution in [3.63, 3.8) is 0 Å². The standard InChI is InChI=1S/C17H19N3OS/c1-5-12-6-7-22-16(12)17(21)19-14-8-11(2)15(20(3)4)9-13(14)10-18/h6-9H,5H2,1-4H3,(H,19,21). The lowest BCUT2D eigenvalue weighted by Crippen LogP contribution is -2.15. The van der Waals surface area contributed by atoms with Crippen LogP contribution < -0.4 is 10.2 Å². The molecular weight excluding hydrogens is 294 g/mol. The number of nitrogens with zero attached hydrogens (tertiary/aromatic N) is 2. The number of thiophene rings is 1. The minimum Gasteiger partial charge on any atom is -0.377 e. The normalized spacial score (nSPS) is 10.1. The fraction of sp³-hybridized carbons (Fsp3) is 0.294. The lowest BCUT2D eigenvalue weighted by molar-refractivity contribution is 0.103. The Kier molecular flexibility index (Phi) is 4.84. The van der Waals surface area contributed by atoms with Gasteiger partial charge in [-0.15, -0.1) is 11.3 Å². The molecule has 0 aliphatic carbocycles. The number of hydrogen-bond donors (Lipinski definition) is 1. The molecule has 2 rings (SSSR count). The number of amides is 1. The first kappa shape index (κ1) is 16.1. The van der Waals surface area contributed by atoms with E-state index in [9.17, 15) is 10.1 Å². The number of nitriles is 1. The van der Waals surface area contributed by atoms with Crippen LogP contribution in [0.2, 0.25) is 0 Å². The smallest absolute Gasteiger partial charge is 0.266 e. The van der Waals surface area contributed by atoms with Crippen molar-refractivity contribution in [1.29, 1.82) is 5.26 Å². The molecule has 0 radical (unpaired) electrons. The van der Waals surface area contributed by atoms with E-state index in [1.807, 2.05) is 50.4 Å². The van der Waals surface area contributed by atoms with Gasteiger partial charge in [-0.05, 0) is 48.1 Å². The largest absolute Gasteiger partial charge is 0.377 e. The van der Waals surface area contributed by atoms with Crippen molar-refractivity contribution in [3.8, 4) is 6.07 Å². The Bertz CT molecular complexity index is 741. The van der Waals surface area contributed by atoms with Gasteiger partial charge in [-0.1, -0.05) is 6.92 Å². The van der Waals surface area contributed by atoms with Gasteiger partial charge in [-0.25, -0.2) is 0 Å². The van der Waals surface area contributed by atoms with Gasteiger partial charge in [0.25, 0.3) is 5.91 Å². The lowest BCUT2D eigenvalue weighted by Gasteiger charge is -2.18. The minimum absolute atomic E-state index is 0.152. The van der Waals surface area contributed by atoms with Gasteiger partial charge in [-0.2, -0.15) is 5.26 Å². The van der Waals surface area contributed by atoms with Crippen LogP contribution in [0.5, 0.6) is 0 Å². The molecule has 1 amide bonds. The Morgan fingerprint density at radius 3 is 2.73 bits per heavy atom. The number of aryl methyl sites for hydroxylation is 2. The Labute approximate surface area is 135 Å². The van der Waals surface area contributed by atoms with Crippen molar-refractivity contribution in [1.82, 2.24) is 0 Å². The highest BCUT2D eigenvalue weighted by Gasteiger charge is 2.15. The van der Waals surface area contributed by atoms with Crippen molar-refractivity contribution in [2.75, 3.05) is 24.3 Å². The summed E-state index contributed by atoms with van der Waals surface area (Å²) in [7, 11) is 3.86. The van der Waals surface area contributed by atoms with Gasteiger partial charge < -0.3 is 10.2 Å². The molecule has 4 nitrogen and oxygen atoms in total. The number of carbonyl (C=O) groups is 1. The Balaban J connectivity index is 2.36. The molecule has 0 spiro atoms. The zero-order valence-electron chi connectivity index (χ0n) is 13.2. The first-order valence-corrected chi connectivity index (χ1v) is 7.95. The maximum Gasteiger partial charge on any atom is 0.266 e. The highest BCUT2D eigenvalue weighted by molar-refractivity contribution is 7.12. The zero-order valence-corrected chi connectivity index (χ0v) is 14.0. The molecule has 0 saturated carbocycles. The predicted octanol–water partition coefficient (Wildman–Crippen LogP) is 3.81. The van der Waals surface area contributed by atoms with E-state index in [1.54, 1.807) is 6.07 Å². The highest BCUT2D eigenvalue weighted by atomic mass is 32.1. The van der Waals surface area contributed by atoms with Gasteiger partial charge in [-0.3, -0.25) is 4.79 Å². The van der Waals surface area contributed by atoms with Gasteiger partial charge in [0.05, 0.1) is 16.1 Å². The van der Waals surface area contributed by atoms with Crippen LogP contribution in [0.25, 0.3) is 0 Å². The minimum atomic E-state index is -0.152. The molecule has 114 valence electrons. The van der Waals surface area contributed by atoms with Gasteiger partial charge in [0.1, 0.15) is 6.07 Å². The summed E-state index contributed by atoms with van der Waals surface area (Å²) in [5, 5.41) is 14.1.